The first-order valence-corrected chi connectivity index (χ1v) is 23.3. The lowest BCUT2D eigenvalue weighted by atomic mass is 9.50. The molecule has 0 spiro atoms. The van der Waals surface area contributed by atoms with Crippen LogP contribution in [-0.2, 0) is 8.85 Å². The maximum Gasteiger partial charge on any atom is 0.192 e. The van der Waals surface area contributed by atoms with Crippen molar-refractivity contribution >= 4 is 16.6 Å². The van der Waals surface area contributed by atoms with Crippen molar-refractivity contribution in [3.8, 4) is 0 Å². The Balaban J connectivity index is 1.43. The highest BCUT2D eigenvalue weighted by Crippen LogP contribution is 2.66. The molecule has 4 heteroatoms. The van der Waals surface area contributed by atoms with Gasteiger partial charge in [-0.25, -0.2) is 0 Å². The highest BCUT2D eigenvalue weighted by atomic mass is 28.4. The molecule has 1 unspecified atom stereocenters. The standard InChI is InChI=1S/C36H66O2Si2/c1-26(15-14-22-34(5,6)38-39(9,10)11)30-18-19-31-29-17-16-27-25-28(37-40(12,13)33(2,3)4)20-23-35(27,7)32(29)21-24-36(30,31)8/h16-17,26,28,30-32H,14-15,18-25H2,1-13H3/t26-,28?,30+,31-,32-,35-,36+/m0/s1. The topological polar surface area (TPSA) is 18.5 Å². The monoisotopic (exact) mass is 586 g/mol. The zero-order valence-electron chi connectivity index (χ0n) is 28.9. The van der Waals surface area contributed by atoms with Gasteiger partial charge in [0.15, 0.2) is 16.6 Å². The molecule has 3 fully saturated rings. The van der Waals surface area contributed by atoms with Crippen LogP contribution in [0.15, 0.2) is 23.3 Å². The number of fused-ring (bicyclic) bond motifs is 5. The van der Waals surface area contributed by atoms with Gasteiger partial charge in [0, 0.05) is 6.10 Å². The first kappa shape index (κ1) is 32.7. The van der Waals surface area contributed by atoms with Gasteiger partial charge in [-0.1, -0.05) is 77.7 Å². The van der Waals surface area contributed by atoms with Crippen LogP contribution >= 0.6 is 0 Å². The lowest BCUT2D eigenvalue weighted by Gasteiger charge is -2.56. The summed E-state index contributed by atoms with van der Waals surface area (Å²) in [6.07, 6.45) is 18.8. The van der Waals surface area contributed by atoms with Crippen LogP contribution in [0, 0.1) is 34.5 Å². The maximum atomic E-state index is 6.95. The minimum Gasteiger partial charge on any atom is -0.414 e. The molecule has 7 atom stereocenters. The smallest absolute Gasteiger partial charge is 0.192 e. The van der Waals surface area contributed by atoms with Crippen LogP contribution in [0.5, 0.6) is 0 Å². The normalized spacial score (nSPS) is 35.8. The SMILES string of the molecule is C[C@@H](CCCC(C)(C)O[Si](C)(C)C)[C@H]1CC[C@H]2C3=CC=C4CC(O[Si](C)(C)C(C)(C)C)CC[C@]4(C)[C@H]3CC[C@]12C. The van der Waals surface area contributed by atoms with Crippen LogP contribution in [0.1, 0.15) is 120 Å². The first-order valence-electron chi connectivity index (χ1n) is 17.0. The van der Waals surface area contributed by atoms with Crippen molar-refractivity contribution in [3.63, 3.8) is 0 Å². The summed E-state index contributed by atoms with van der Waals surface area (Å²) in [5.41, 5.74) is 4.39. The molecule has 0 heterocycles. The van der Waals surface area contributed by atoms with Gasteiger partial charge in [0.2, 0.25) is 0 Å². The molecule has 4 aliphatic rings. The molecule has 0 radical (unpaired) electrons. The summed E-state index contributed by atoms with van der Waals surface area (Å²) in [5, 5.41) is 0.281. The second kappa shape index (κ2) is 11.1. The number of hydrogen-bond acceptors (Lipinski definition) is 2. The fourth-order valence-corrected chi connectivity index (χ4v) is 12.7. The number of hydrogen-bond donors (Lipinski definition) is 0. The van der Waals surface area contributed by atoms with Crippen molar-refractivity contribution in [2.24, 2.45) is 34.5 Å². The van der Waals surface area contributed by atoms with Gasteiger partial charge >= 0.3 is 0 Å². The Kier molecular flexibility index (Phi) is 9.07. The lowest BCUT2D eigenvalue weighted by Crippen LogP contribution is -2.49. The Morgan fingerprint density at radius 2 is 1.57 bits per heavy atom. The van der Waals surface area contributed by atoms with E-state index < -0.39 is 16.6 Å². The third kappa shape index (κ3) is 6.50. The van der Waals surface area contributed by atoms with Crippen molar-refractivity contribution < 1.29 is 8.85 Å². The van der Waals surface area contributed by atoms with E-state index >= 15 is 0 Å². The van der Waals surface area contributed by atoms with E-state index in [0.717, 1.165) is 30.1 Å². The van der Waals surface area contributed by atoms with Gasteiger partial charge in [0.25, 0.3) is 0 Å². The average Bonchev–Trinajstić information content (AvgIpc) is 3.14. The van der Waals surface area contributed by atoms with Gasteiger partial charge in [-0.05, 0) is 137 Å². The molecule has 0 amide bonds. The molecule has 0 bridgehead atoms. The first-order chi connectivity index (χ1) is 18.2. The largest absolute Gasteiger partial charge is 0.414 e. The summed E-state index contributed by atoms with van der Waals surface area (Å²) >= 11 is 0. The Bertz CT molecular complexity index is 980. The average molecular weight is 587 g/mol. The summed E-state index contributed by atoms with van der Waals surface area (Å²) < 4.78 is 13.5. The van der Waals surface area contributed by atoms with E-state index in [4.69, 9.17) is 8.85 Å². The summed E-state index contributed by atoms with van der Waals surface area (Å²) in [6, 6.07) is 0. The van der Waals surface area contributed by atoms with Crippen LogP contribution in [0.2, 0.25) is 37.8 Å². The van der Waals surface area contributed by atoms with E-state index in [1.807, 2.05) is 5.57 Å². The molecule has 4 aliphatic carbocycles. The Morgan fingerprint density at radius 1 is 0.900 bits per heavy atom. The molecule has 0 N–H and O–H groups in total. The molecular formula is C36H66O2Si2. The fourth-order valence-electron chi connectivity index (χ4n) is 9.57. The van der Waals surface area contributed by atoms with E-state index in [1.54, 1.807) is 5.57 Å². The van der Waals surface area contributed by atoms with Gasteiger partial charge in [-0.2, -0.15) is 0 Å². The van der Waals surface area contributed by atoms with Gasteiger partial charge in [0.05, 0.1) is 5.60 Å². The van der Waals surface area contributed by atoms with Gasteiger partial charge in [-0.3, -0.25) is 0 Å². The zero-order valence-corrected chi connectivity index (χ0v) is 30.9. The molecule has 0 aromatic carbocycles. The van der Waals surface area contributed by atoms with E-state index in [2.05, 4.69) is 100 Å². The number of rotatable bonds is 9. The van der Waals surface area contributed by atoms with Crippen LogP contribution in [0.25, 0.3) is 0 Å². The predicted octanol–water partition coefficient (Wildman–Crippen LogP) is 11.3. The molecule has 3 saturated carbocycles. The summed E-state index contributed by atoms with van der Waals surface area (Å²) in [5.74, 6) is 3.23. The number of allylic oxidation sites excluding steroid dienone is 3. The van der Waals surface area contributed by atoms with Crippen molar-refractivity contribution in [1.82, 2.24) is 0 Å². The third-order valence-corrected chi connectivity index (χ3v) is 18.3. The summed E-state index contributed by atoms with van der Waals surface area (Å²) in [6.45, 7) is 31.5. The van der Waals surface area contributed by atoms with E-state index in [-0.39, 0.29) is 10.6 Å². The van der Waals surface area contributed by atoms with Crippen molar-refractivity contribution in [3.05, 3.63) is 23.3 Å². The quantitative estimate of drug-likeness (QED) is 0.250. The van der Waals surface area contributed by atoms with Crippen molar-refractivity contribution in [2.45, 2.75) is 169 Å². The molecule has 0 saturated heterocycles. The second-order valence-electron chi connectivity index (χ2n) is 18.2. The molecular weight excluding hydrogens is 521 g/mol. The zero-order chi connectivity index (χ0) is 29.9. The third-order valence-electron chi connectivity index (χ3n) is 12.6. The lowest BCUT2D eigenvalue weighted by molar-refractivity contribution is 0.0325. The van der Waals surface area contributed by atoms with Gasteiger partial charge in [-0.15, -0.1) is 0 Å². The van der Waals surface area contributed by atoms with E-state index in [9.17, 15) is 0 Å². The predicted molar refractivity (Wildman–Crippen MR) is 179 cm³/mol. The minimum atomic E-state index is -1.73. The van der Waals surface area contributed by atoms with E-state index in [0.29, 0.717) is 16.9 Å². The molecule has 0 aliphatic heterocycles. The van der Waals surface area contributed by atoms with Crippen molar-refractivity contribution in [1.29, 1.82) is 0 Å². The maximum absolute atomic E-state index is 6.95. The molecule has 0 aromatic rings. The Labute approximate surface area is 251 Å². The molecule has 230 valence electrons. The van der Waals surface area contributed by atoms with Crippen LogP contribution in [0.4, 0.5) is 0 Å². The minimum absolute atomic E-state index is 0.0193. The van der Waals surface area contributed by atoms with Gasteiger partial charge < -0.3 is 8.85 Å². The highest BCUT2D eigenvalue weighted by molar-refractivity contribution is 6.74. The molecule has 40 heavy (non-hydrogen) atoms. The van der Waals surface area contributed by atoms with Crippen molar-refractivity contribution in [2.75, 3.05) is 0 Å². The summed E-state index contributed by atoms with van der Waals surface area (Å²) in [4.78, 5) is 0. The van der Waals surface area contributed by atoms with Crippen LogP contribution in [-0.4, -0.2) is 28.3 Å². The van der Waals surface area contributed by atoms with Crippen LogP contribution in [0.3, 0.4) is 0 Å². The van der Waals surface area contributed by atoms with E-state index in [1.165, 1.54) is 57.8 Å². The van der Waals surface area contributed by atoms with Crippen LogP contribution < -0.4 is 0 Å². The molecule has 4 rings (SSSR count). The second-order valence-corrected chi connectivity index (χ2v) is 27.4. The molecule has 0 aromatic heterocycles. The Hall–Kier alpha value is -0.166. The fraction of sp³-hybridized carbons (Fsp3) is 0.889. The van der Waals surface area contributed by atoms with Gasteiger partial charge in [0.1, 0.15) is 0 Å². The highest BCUT2D eigenvalue weighted by Gasteiger charge is 2.57. The summed E-state index contributed by atoms with van der Waals surface area (Å²) in [7, 11) is -3.24. The Morgan fingerprint density at radius 3 is 2.20 bits per heavy atom. The molecule has 2 nitrogen and oxygen atoms in total.